The third-order valence-corrected chi connectivity index (χ3v) is 4.91. The quantitative estimate of drug-likeness (QED) is 0.258. The van der Waals surface area contributed by atoms with Crippen LogP contribution in [-0.4, -0.2) is 37.5 Å². The van der Waals surface area contributed by atoms with Crippen molar-refractivity contribution in [3.8, 4) is 17.1 Å². The minimum absolute atomic E-state index is 0.0000539. The Morgan fingerprint density at radius 2 is 1.86 bits per heavy atom. The lowest BCUT2D eigenvalue weighted by atomic mass is 10.2. The lowest BCUT2D eigenvalue weighted by Gasteiger charge is -2.13. The maximum Gasteiger partial charge on any atom is 0.319 e. The van der Waals surface area contributed by atoms with E-state index in [-0.39, 0.29) is 11.7 Å². The normalized spacial score (nSPS) is 11.8. The first-order chi connectivity index (χ1) is 13.5. The van der Waals surface area contributed by atoms with Gasteiger partial charge < -0.3 is 4.74 Å². The van der Waals surface area contributed by atoms with Gasteiger partial charge >= 0.3 is 5.97 Å². The van der Waals surface area contributed by atoms with E-state index in [2.05, 4.69) is 10.2 Å². The number of carbonyl (C=O) groups is 1. The third-order valence-electron chi connectivity index (χ3n) is 3.88. The highest BCUT2D eigenvalue weighted by Gasteiger charge is 2.22. The molecule has 0 fully saturated rings. The first-order valence-corrected chi connectivity index (χ1v) is 9.48. The molecular formula is C19H18N4O4S. The van der Waals surface area contributed by atoms with Gasteiger partial charge in [0, 0.05) is 23.4 Å². The molecule has 8 nitrogen and oxygen atoms in total. The van der Waals surface area contributed by atoms with Gasteiger partial charge in [0.25, 0.3) is 5.69 Å². The third kappa shape index (κ3) is 4.20. The van der Waals surface area contributed by atoms with E-state index in [4.69, 9.17) is 4.74 Å². The van der Waals surface area contributed by atoms with Gasteiger partial charge in [0.05, 0.1) is 11.5 Å². The van der Waals surface area contributed by atoms with Crippen LogP contribution in [0, 0.1) is 10.1 Å². The van der Waals surface area contributed by atoms with Crippen molar-refractivity contribution < 1.29 is 14.5 Å². The number of hydrogen-bond acceptors (Lipinski definition) is 7. The molecule has 0 unspecified atom stereocenters. The van der Waals surface area contributed by atoms with Gasteiger partial charge in [-0.3, -0.25) is 19.5 Å². The standard InChI is InChI=1S/C19H18N4O4S/c1-3-27-18(24)13(2)28-19-21-20-17(22(19)15-7-5-4-6-8-15)14-9-11-16(12-10-14)23(25)26/h4-13H,3H2,1-2H3/t13-/m0/s1. The highest BCUT2D eigenvalue weighted by Crippen LogP contribution is 2.31. The van der Waals surface area contributed by atoms with Gasteiger partial charge in [-0.1, -0.05) is 30.0 Å². The molecular weight excluding hydrogens is 380 g/mol. The van der Waals surface area contributed by atoms with Crippen molar-refractivity contribution in [1.29, 1.82) is 0 Å². The SMILES string of the molecule is CCOC(=O)[C@H](C)Sc1nnc(-c2ccc([N+](=O)[O-])cc2)n1-c1ccccc1. The van der Waals surface area contributed by atoms with Crippen LogP contribution in [-0.2, 0) is 9.53 Å². The van der Waals surface area contributed by atoms with Crippen molar-refractivity contribution in [1.82, 2.24) is 14.8 Å². The molecule has 0 bridgehead atoms. The lowest BCUT2D eigenvalue weighted by molar-refractivity contribution is -0.384. The van der Waals surface area contributed by atoms with Gasteiger partial charge in [-0.2, -0.15) is 0 Å². The Labute approximate surface area is 165 Å². The number of ether oxygens (including phenoxy) is 1. The van der Waals surface area contributed by atoms with Crippen molar-refractivity contribution in [2.75, 3.05) is 6.61 Å². The number of nitrogens with zero attached hydrogens (tertiary/aromatic N) is 4. The van der Waals surface area contributed by atoms with Crippen LogP contribution in [0.2, 0.25) is 0 Å². The van der Waals surface area contributed by atoms with E-state index in [0.717, 1.165) is 5.69 Å². The molecule has 0 saturated carbocycles. The van der Waals surface area contributed by atoms with E-state index in [1.54, 1.807) is 26.0 Å². The highest BCUT2D eigenvalue weighted by molar-refractivity contribution is 8.00. The number of nitro groups is 1. The lowest BCUT2D eigenvalue weighted by Crippen LogP contribution is -2.17. The first kappa shape index (κ1) is 19.6. The first-order valence-electron chi connectivity index (χ1n) is 8.60. The molecule has 0 radical (unpaired) electrons. The monoisotopic (exact) mass is 398 g/mol. The van der Waals surface area contributed by atoms with Crippen LogP contribution in [0.3, 0.4) is 0 Å². The van der Waals surface area contributed by atoms with Crippen LogP contribution in [0.15, 0.2) is 59.8 Å². The average molecular weight is 398 g/mol. The van der Waals surface area contributed by atoms with Gasteiger partial charge in [0.15, 0.2) is 11.0 Å². The molecule has 9 heteroatoms. The van der Waals surface area contributed by atoms with E-state index in [0.29, 0.717) is 23.2 Å². The molecule has 0 N–H and O–H groups in total. The Morgan fingerprint density at radius 3 is 2.46 bits per heavy atom. The Bertz CT molecular complexity index is 973. The summed E-state index contributed by atoms with van der Waals surface area (Å²) in [5, 5.41) is 19.5. The second-order valence-corrected chi connectivity index (χ2v) is 7.10. The zero-order valence-corrected chi connectivity index (χ0v) is 16.1. The van der Waals surface area contributed by atoms with Crippen LogP contribution >= 0.6 is 11.8 Å². The molecule has 28 heavy (non-hydrogen) atoms. The molecule has 3 rings (SSSR count). The Kier molecular flexibility index (Phi) is 6.05. The fourth-order valence-electron chi connectivity index (χ4n) is 2.54. The summed E-state index contributed by atoms with van der Waals surface area (Å²) in [5.74, 6) is 0.201. The number of carbonyl (C=O) groups excluding carboxylic acids is 1. The Balaban J connectivity index is 2.02. The number of benzene rings is 2. The predicted molar refractivity (Wildman–Crippen MR) is 105 cm³/mol. The fraction of sp³-hybridized carbons (Fsp3) is 0.211. The van der Waals surface area contributed by atoms with Crippen LogP contribution in [0.4, 0.5) is 5.69 Å². The molecule has 0 saturated heterocycles. The van der Waals surface area contributed by atoms with Crippen molar-refractivity contribution in [2.45, 2.75) is 24.3 Å². The molecule has 0 aliphatic carbocycles. The molecule has 0 aliphatic heterocycles. The van der Waals surface area contributed by atoms with Crippen LogP contribution < -0.4 is 0 Å². The summed E-state index contributed by atoms with van der Waals surface area (Å²) in [6.07, 6.45) is 0. The van der Waals surface area contributed by atoms with Gasteiger partial charge in [0.2, 0.25) is 0 Å². The maximum atomic E-state index is 12.0. The largest absolute Gasteiger partial charge is 0.465 e. The summed E-state index contributed by atoms with van der Waals surface area (Å²) in [6, 6.07) is 15.6. The zero-order chi connectivity index (χ0) is 20.1. The number of aromatic nitrogens is 3. The summed E-state index contributed by atoms with van der Waals surface area (Å²) in [6.45, 7) is 3.82. The van der Waals surface area contributed by atoms with E-state index < -0.39 is 10.2 Å². The van der Waals surface area contributed by atoms with E-state index in [9.17, 15) is 14.9 Å². The molecule has 1 aromatic heterocycles. The van der Waals surface area contributed by atoms with Crippen LogP contribution in [0.5, 0.6) is 0 Å². The second kappa shape index (κ2) is 8.66. The Morgan fingerprint density at radius 1 is 1.18 bits per heavy atom. The van der Waals surface area contributed by atoms with E-state index >= 15 is 0 Å². The van der Waals surface area contributed by atoms with Crippen molar-refractivity contribution in [3.05, 3.63) is 64.7 Å². The molecule has 0 aliphatic rings. The zero-order valence-electron chi connectivity index (χ0n) is 15.3. The number of hydrogen-bond donors (Lipinski definition) is 0. The number of nitro benzene ring substituents is 1. The van der Waals surface area contributed by atoms with Gasteiger partial charge in [-0.25, -0.2) is 0 Å². The molecule has 1 atom stereocenters. The summed E-state index contributed by atoms with van der Waals surface area (Å²) < 4.78 is 6.89. The summed E-state index contributed by atoms with van der Waals surface area (Å²) in [4.78, 5) is 22.5. The molecule has 2 aromatic carbocycles. The fourth-order valence-corrected chi connectivity index (χ4v) is 3.41. The van der Waals surface area contributed by atoms with Crippen LogP contribution in [0.25, 0.3) is 17.1 Å². The summed E-state index contributed by atoms with van der Waals surface area (Å²) in [7, 11) is 0. The van der Waals surface area contributed by atoms with E-state index in [1.165, 1.54) is 23.9 Å². The molecule has 0 amide bonds. The summed E-state index contributed by atoms with van der Waals surface area (Å²) >= 11 is 1.24. The highest BCUT2D eigenvalue weighted by atomic mass is 32.2. The second-order valence-electron chi connectivity index (χ2n) is 5.79. The van der Waals surface area contributed by atoms with Crippen molar-refractivity contribution in [2.24, 2.45) is 0 Å². The van der Waals surface area contributed by atoms with E-state index in [1.807, 2.05) is 34.9 Å². The van der Waals surface area contributed by atoms with Crippen molar-refractivity contribution >= 4 is 23.4 Å². The molecule has 3 aromatic rings. The predicted octanol–water partition coefficient (Wildman–Crippen LogP) is 3.89. The number of non-ortho nitro benzene ring substituents is 1. The minimum Gasteiger partial charge on any atom is -0.465 e. The van der Waals surface area contributed by atoms with Crippen LogP contribution in [0.1, 0.15) is 13.8 Å². The average Bonchev–Trinajstić information content (AvgIpc) is 3.12. The van der Waals surface area contributed by atoms with Gasteiger partial charge in [-0.15, -0.1) is 10.2 Å². The Hall–Kier alpha value is -3.20. The topological polar surface area (TPSA) is 100 Å². The van der Waals surface area contributed by atoms with Gasteiger partial charge in [0.1, 0.15) is 5.25 Å². The molecule has 1 heterocycles. The molecule has 0 spiro atoms. The number of rotatable bonds is 7. The molecule has 144 valence electrons. The maximum absolute atomic E-state index is 12.0. The number of thioether (sulfide) groups is 1. The number of para-hydroxylation sites is 1. The van der Waals surface area contributed by atoms with Crippen molar-refractivity contribution in [3.63, 3.8) is 0 Å². The number of esters is 1. The smallest absolute Gasteiger partial charge is 0.319 e. The van der Waals surface area contributed by atoms with Gasteiger partial charge in [-0.05, 0) is 38.1 Å². The minimum atomic E-state index is -0.462. The summed E-state index contributed by atoms with van der Waals surface area (Å²) in [5.41, 5.74) is 1.50.